The lowest BCUT2D eigenvalue weighted by Crippen LogP contribution is -2.30. The summed E-state index contributed by atoms with van der Waals surface area (Å²) >= 11 is 0. The van der Waals surface area contributed by atoms with Gasteiger partial charge in [-0.05, 0) is 96.3 Å². The highest BCUT2D eigenvalue weighted by atomic mass is 16.6. The van der Waals surface area contributed by atoms with Crippen molar-refractivity contribution in [3.05, 3.63) is 122 Å². The van der Waals surface area contributed by atoms with Crippen LogP contribution in [0.1, 0.15) is 252 Å². The molecule has 0 heterocycles. The molecule has 1 atom stereocenters. The van der Waals surface area contributed by atoms with Crippen molar-refractivity contribution in [1.29, 1.82) is 0 Å². The van der Waals surface area contributed by atoms with E-state index in [1.54, 1.807) is 0 Å². The summed E-state index contributed by atoms with van der Waals surface area (Å²) < 4.78 is 16.8. The van der Waals surface area contributed by atoms with Crippen LogP contribution < -0.4 is 0 Å². The Morgan fingerprint density at radius 3 is 1.00 bits per heavy atom. The van der Waals surface area contributed by atoms with Gasteiger partial charge in [0.25, 0.3) is 0 Å². The molecule has 0 saturated carbocycles. The lowest BCUT2D eigenvalue weighted by Gasteiger charge is -2.18. The fourth-order valence-electron chi connectivity index (χ4n) is 7.73. The van der Waals surface area contributed by atoms with Crippen LogP contribution in [0.25, 0.3) is 0 Å². The van der Waals surface area contributed by atoms with Gasteiger partial charge < -0.3 is 14.2 Å². The summed E-state index contributed by atoms with van der Waals surface area (Å²) in [6.45, 7) is 6.40. The molecule has 0 aliphatic rings. The number of allylic oxidation sites excluding steroid dienone is 20. The molecule has 0 fully saturated rings. The van der Waals surface area contributed by atoms with E-state index in [-0.39, 0.29) is 37.5 Å². The average Bonchev–Trinajstić information content (AvgIpc) is 3.37. The number of rotatable bonds is 51. The quantitative estimate of drug-likeness (QED) is 0.0199. The minimum Gasteiger partial charge on any atom is -0.462 e. The van der Waals surface area contributed by atoms with E-state index in [4.69, 9.17) is 14.2 Å². The molecule has 0 amide bonds. The van der Waals surface area contributed by atoms with Crippen molar-refractivity contribution in [3.63, 3.8) is 0 Å². The third-order valence-electron chi connectivity index (χ3n) is 12.1. The zero-order valence-corrected chi connectivity index (χ0v) is 45.9. The van der Waals surface area contributed by atoms with Gasteiger partial charge in [-0.25, -0.2) is 0 Å². The standard InChI is InChI=1S/C65H106O6/c1-4-7-10-13-16-19-22-25-28-31-32-35-37-40-43-46-49-52-55-58-64(67)70-61-62(71-65(68)59-56-53-50-47-44-41-38-34-30-27-24-21-18-15-12-9-6-3)60-69-63(66)57-54-51-48-45-42-39-36-33-29-26-23-20-17-14-11-8-5-2/h9,12,15-22,24-27,29-30,34,38,41,44,62H,4-8,10-11,13-14,23,28,31-33,35-37,39-40,42-43,45-61H2,1-3H3/b12-9-,18-15-,19-16-,20-17-,24-21-,25-22-,29-26-,30-27-,38-34+,44-41-. The van der Waals surface area contributed by atoms with E-state index in [1.807, 2.05) is 60.8 Å². The Balaban J connectivity index is 4.50. The maximum atomic E-state index is 12.9. The smallest absolute Gasteiger partial charge is 0.306 e. The molecular formula is C65H106O6. The normalized spacial score (nSPS) is 13.0. The molecule has 0 aliphatic carbocycles. The molecule has 0 radical (unpaired) electrons. The molecule has 0 bridgehead atoms. The van der Waals surface area contributed by atoms with E-state index in [9.17, 15) is 14.4 Å². The van der Waals surface area contributed by atoms with Gasteiger partial charge in [-0.1, -0.05) is 258 Å². The minimum atomic E-state index is -0.811. The largest absolute Gasteiger partial charge is 0.462 e. The summed E-state index contributed by atoms with van der Waals surface area (Å²) in [4.78, 5) is 38.2. The van der Waals surface area contributed by atoms with Gasteiger partial charge in [-0.15, -0.1) is 0 Å². The Bertz CT molecular complexity index is 1500. The van der Waals surface area contributed by atoms with Gasteiger partial charge >= 0.3 is 17.9 Å². The van der Waals surface area contributed by atoms with E-state index in [0.717, 1.165) is 77.0 Å². The summed E-state index contributed by atoms with van der Waals surface area (Å²) in [6.07, 6.45) is 80.3. The van der Waals surface area contributed by atoms with Crippen LogP contribution >= 0.6 is 0 Å². The molecule has 6 nitrogen and oxygen atoms in total. The number of unbranched alkanes of at least 4 members (excludes halogenated alkanes) is 26. The number of hydrogen-bond acceptors (Lipinski definition) is 6. The van der Waals surface area contributed by atoms with Crippen molar-refractivity contribution in [1.82, 2.24) is 0 Å². The summed E-state index contributed by atoms with van der Waals surface area (Å²) in [6, 6.07) is 0. The fourth-order valence-corrected chi connectivity index (χ4v) is 7.73. The van der Waals surface area contributed by atoms with Crippen LogP contribution in [0.5, 0.6) is 0 Å². The maximum absolute atomic E-state index is 12.9. The molecule has 0 N–H and O–H groups in total. The zero-order chi connectivity index (χ0) is 51.4. The predicted molar refractivity (Wildman–Crippen MR) is 306 cm³/mol. The van der Waals surface area contributed by atoms with E-state index in [0.29, 0.717) is 19.3 Å². The minimum absolute atomic E-state index is 0.103. The van der Waals surface area contributed by atoms with Crippen LogP contribution in [0.2, 0.25) is 0 Å². The van der Waals surface area contributed by atoms with E-state index in [2.05, 4.69) is 81.5 Å². The first-order chi connectivity index (χ1) is 35.0. The van der Waals surface area contributed by atoms with Crippen molar-refractivity contribution < 1.29 is 28.6 Å². The molecule has 71 heavy (non-hydrogen) atoms. The zero-order valence-electron chi connectivity index (χ0n) is 45.9. The van der Waals surface area contributed by atoms with Crippen molar-refractivity contribution in [2.45, 2.75) is 258 Å². The summed E-state index contributed by atoms with van der Waals surface area (Å²) in [5.41, 5.74) is 0. The molecule has 0 aliphatic heterocycles. The lowest BCUT2D eigenvalue weighted by atomic mass is 10.1. The Labute approximate surface area is 437 Å². The number of hydrogen-bond donors (Lipinski definition) is 0. The summed E-state index contributed by atoms with van der Waals surface area (Å²) in [5.74, 6) is -0.959. The van der Waals surface area contributed by atoms with Crippen molar-refractivity contribution in [3.8, 4) is 0 Å². The second-order valence-electron chi connectivity index (χ2n) is 19.0. The van der Waals surface area contributed by atoms with Crippen molar-refractivity contribution in [2.24, 2.45) is 0 Å². The molecular weight excluding hydrogens is 877 g/mol. The van der Waals surface area contributed by atoms with E-state index < -0.39 is 6.10 Å². The topological polar surface area (TPSA) is 78.9 Å². The van der Waals surface area contributed by atoms with Crippen LogP contribution in [-0.4, -0.2) is 37.2 Å². The first-order valence-corrected chi connectivity index (χ1v) is 29.1. The Hall–Kier alpha value is -4.19. The van der Waals surface area contributed by atoms with Crippen LogP contribution in [0.3, 0.4) is 0 Å². The van der Waals surface area contributed by atoms with E-state index >= 15 is 0 Å². The molecule has 0 aromatic carbocycles. The second kappa shape index (κ2) is 58.4. The number of carbonyl (C=O) groups is 3. The van der Waals surface area contributed by atoms with Gasteiger partial charge in [0, 0.05) is 19.3 Å². The van der Waals surface area contributed by atoms with E-state index in [1.165, 1.54) is 128 Å². The highest BCUT2D eigenvalue weighted by molar-refractivity contribution is 5.71. The van der Waals surface area contributed by atoms with Gasteiger partial charge in [0.1, 0.15) is 13.2 Å². The summed E-state index contributed by atoms with van der Waals surface area (Å²) in [5, 5.41) is 0. The third kappa shape index (κ3) is 56.6. The SMILES string of the molecule is CC\C=C/C=C\C=C/C=C\C=C\C=C/CCCCCC(=O)OC(COC(=O)CCCCCCCCC/C=C\C/C=C\CCCCC)COC(=O)CCCCCCCCCCCC/C=C\C=C/CCCCC. The van der Waals surface area contributed by atoms with Gasteiger partial charge in [-0.2, -0.15) is 0 Å². The van der Waals surface area contributed by atoms with Gasteiger partial charge in [0.15, 0.2) is 6.10 Å². The van der Waals surface area contributed by atoms with Crippen molar-refractivity contribution >= 4 is 17.9 Å². The van der Waals surface area contributed by atoms with Gasteiger partial charge in [0.05, 0.1) is 0 Å². The molecule has 0 aromatic heterocycles. The van der Waals surface area contributed by atoms with Crippen LogP contribution in [0.15, 0.2) is 122 Å². The number of esters is 3. The van der Waals surface area contributed by atoms with Crippen LogP contribution in [0, 0.1) is 0 Å². The molecule has 0 spiro atoms. The molecule has 0 saturated heterocycles. The Kier molecular flexibility index (Phi) is 54.9. The van der Waals surface area contributed by atoms with Gasteiger partial charge in [0.2, 0.25) is 0 Å². The molecule has 0 rings (SSSR count). The first kappa shape index (κ1) is 66.8. The van der Waals surface area contributed by atoms with Crippen molar-refractivity contribution in [2.75, 3.05) is 13.2 Å². The molecule has 6 heteroatoms. The lowest BCUT2D eigenvalue weighted by molar-refractivity contribution is -0.167. The highest BCUT2D eigenvalue weighted by Gasteiger charge is 2.19. The monoisotopic (exact) mass is 983 g/mol. The Morgan fingerprint density at radius 2 is 0.606 bits per heavy atom. The molecule has 1 unspecified atom stereocenters. The van der Waals surface area contributed by atoms with Crippen LogP contribution in [-0.2, 0) is 28.6 Å². The third-order valence-corrected chi connectivity index (χ3v) is 12.1. The highest BCUT2D eigenvalue weighted by Crippen LogP contribution is 2.15. The number of carbonyl (C=O) groups excluding carboxylic acids is 3. The second-order valence-corrected chi connectivity index (χ2v) is 19.0. The predicted octanol–water partition coefficient (Wildman–Crippen LogP) is 19.6. The van der Waals surface area contributed by atoms with Crippen LogP contribution in [0.4, 0.5) is 0 Å². The average molecular weight is 984 g/mol. The van der Waals surface area contributed by atoms with Gasteiger partial charge in [-0.3, -0.25) is 14.4 Å². The fraction of sp³-hybridized carbons (Fsp3) is 0.646. The first-order valence-electron chi connectivity index (χ1n) is 29.1. The maximum Gasteiger partial charge on any atom is 0.306 e. The Morgan fingerprint density at radius 1 is 0.310 bits per heavy atom. The summed E-state index contributed by atoms with van der Waals surface area (Å²) in [7, 11) is 0. The molecule has 402 valence electrons. The number of ether oxygens (including phenoxy) is 3. The molecule has 0 aromatic rings.